The molecule has 0 amide bonds. The van der Waals surface area contributed by atoms with Crippen LogP contribution in [0.3, 0.4) is 0 Å². The Bertz CT molecular complexity index is 47.7. The Labute approximate surface area is 64.9 Å². The maximum Gasteiger partial charge on any atom is 0.0198 e. The Morgan fingerprint density at radius 3 is 2.50 bits per heavy atom. The van der Waals surface area contributed by atoms with Crippen molar-refractivity contribution in [1.82, 2.24) is 3.11 Å². The summed E-state index contributed by atoms with van der Waals surface area (Å²) >= 11 is 2.27. The third-order valence-electron chi connectivity index (χ3n) is 0.920. The van der Waals surface area contributed by atoms with Gasteiger partial charge in [-0.1, -0.05) is 0 Å². The molecule has 0 aromatic heterocycles. The van der Waals surface area contributed by atoms with Gasteiger partial charge in [-0.15, -0.1) is 0 Å². The molecule has 0 aromatic carbocycles. The normalized spacial score (nSPS) is 10.5. The molecule has 0 aliphatic rings. The summed E-state index contributed by atoms with van der Waals surface area (Å²) in [5.74, 6) is 0. The molecular formula is C5H13IN2. The molecule has 0 aliphatic heterocycles. The molecule has 0 unspecified atom stereocenters. The highest BCUT2D eigenvalue weighted by atomic mass is 127. The quantitative estimate of drug-likeness (QED) is 0.442. The van der Waals surface area contributed by atoms with Gasteiger partial charge in [-0.3, -0.25) is 3.11 Å². The molecule has 2 N–H and O–H groups in total. The number of hydrogen-bond donors (Lipinski definition) is 1. The zero-order valence-electron chi connectivity index (χ0n) is 5.23. The van der Waals surface area contributed by atoms with Crippen molar-refractivity contribution in [3.05, 3.63) is 0 Å². The highest BCUT2D eigenvalue weighted by molar-refractivity contribution is 14.1. The number of halogens is 1. The second-order valence-corrected chi connectivity index (χ2v) is 3.47. The molecule has 0 bridgehead atoms. The maximum atomic E-state index is 5.29. The molecule has 0 aromatic rings. The Morgan fingerprint density at radius 2 is 2.12 bits per heavy atom. The van der Waals surface area contributed by atoms with Crippen molar-refractivity contribution in [2.75, 3.05) is 20.1 Å². The first kappa shape index (κ1) is 8.65. The first-order chi connectivity index (χ1) is 3.77. The van der Waals surface area contributed by atoms with Crippen LogP contribution in [0.1, 0.15) is 12.8 Å². The number of rotatable bonds is 4. The summed E-state index contributed by atoms with van der Waals surface area (Å²) in [6.45, 7) is 1.97. The fourth-order valence-electron chi connectivity index (χ4n) is 0.474. The molecule has 0 heterocycles. The van der Waals surface area contributed by atoms with E-state index in [1.165, 1.54) is 6.42 Å². The van der Waals surface area contributed by atoms with Crippen LogP contribution in [-0.4, -0.2) is 23.3 Å². The highest BCUT2D eigenvalue weighted by Crippen LogP contribution is 1.95. The van der Waals surface area contributed by atoms with Gasteiger partial charge in [0.2, 0.25) is 0 Å². The van der Waals surface area contributed by atoms with Crippen LogP contribution in [0.2, 0.25) is 0 Å². The zero-order chi connectivity index (χ0) is 6.41. The van der Waals surface area contributed by atoms with Crippen molar-refractivity contribution in [3.63, 3.8) is 0 Å². The van der Waals surface area contributed by atoms with Gasteiger partial charge in [0.15, 0.2) is 0 Å². The SMILES string of the molecule is CN(I)CCCCN. The van der Waals surface area contributed by atoms with Crippen LogP contribution in [0.15, 0.2) is 0 Å². The number of unbranched alkanes of at least 4 members (excludes halogenated alkanes) is 1. The van der Waals surface area contributed by atoms with E-state index in [1.807, 2.05) is 0 Å². The Balaban J connectivity index is 2.72. The van der Waals surface area contributed by atoms with Crippen molar-refractivity contribution >= 4 is 22.9 Å². The van der Waals surface area contributed by atoms with Gasteiger partial charge < -0.3 is 5.73 Å². The van der Waals surface area contributed by atoms with E-state index in [0.717, 1.165) is 19.5 Å². The third-order valence-corrected chi connectivity index (χ3v) is 1.40. The summed E-state index contributed by atoms with van der Waals surface area (Å²) in [5.41, 5.74) is 5.29. The first-order valence-corrected chi connectivity index (χ1v) is 3.81. The molecule has 0 radical (unpaired) electrons. The second-order valence-electron chi connectivity index (χ2n) is 1.82. The molecule has 0 saturated carbocycles. The summed E-state index contributed by atoms with van der Waals surface area (Å²) in [7, 11) is 2.07. The fraction of sp³-hybridized carbons (Fsp3) is 1.00. The summed E-state index contributed by atoms with van der Waals surface area (Å²) in [6.07, 6.45) is 2.36. The summed E-state index contributed by atoms with van der Waals surface area (Å²) < 4.78 is 2.15. The van der Waals surface area contributed by atoms with Gasteiger partial charge >= 0.3 is 0 Å². The zero-order valence-corrected chi connectivity index (χ0v) is 7.39. The van der Waals surface area contributed by atoms with E-state index in [2.05, 4.69) is 33.0 Å². The average Bonchev–Trinajstić information content (AvgIpc) is 1.66. The summed E-state index contributed by atoms with van der Waals surface area (Å²) in [4.78, 5) is 0. The lowest BCUT2D eigenvalue weighted by Gasteiger charge is -2.04. The Kier molecular flexibility index (Phi) is 6.25. The number of nitrogens with zero attached hydrogens (tertiary/aromatic N) is 1. The van der Waals surface area contributed by atoms with E-state index in [9.17, 15) is 0 Å². The summed E-state index contributed by atoms with van der Waals surface area (Å²) in [5, 5.41) is 0. The van der Waals surface area contributed by atoms with Crippen LogP contribution in [0, 0.1) is 0 Å². The van der Waals surface area contributed by atoms with E-state index in [0.29, 0.717) is 0 Å². The minimum Gasteiger partial charge on any atom is -0.330 e. The predicted molar refractivity (Wildman–Crippen MR) is 44.9 cm³/mol. The van der Waals surface area contributed by atoms with Gasteiger partial charge in [-0.25, -0.2) is 0 Å². The van der Waals surface area contributed by atoms with E-state index in [-0.39, 0.29) is 0 Å². The van der Waals surface area contributed by atoms with Gasteiger partial charge in [-0.05, 0) is 26.4 Å². The largest absolute Gasteiger partial charge is 0.330 e. The van der Waals surface area contributed by atoms with Crippen molar-refractivity contribution in [3.8, 4) is 0 Å². The lowest BCUT2D eigenvalue weighted by molar-refractivity contribution is 0.564. The van der Waals surface area contributed by atoms with Crippen LogP contribution in [0.4, 0.5) is 0 Å². The molecule has 3 heteroatoms. The van der Waals surface area contributed by atoms with Crippen molar-refractivity contribution in [2.45, 2.75) is 12.8 Å². The van der Waals surface area contributed by atoms with E-state index in [4.69, 9.17) is 5.73 Å². The van der Waals surface area contributed by atoms with Crippen molar-refractivity contribution in [2.24, 2.45) is 5.73 Å². The fourth-order valence-corrected chi connectivity index (χ4v) is 0.815. The first-order valence-electron chi connectivity index (χ1n) is 2.84. The lowest BCUT2D eigenvalue weighted by atomic mass is 10.3. The molecule has 0 aliphatic carbocycles. The van der Waals surface area contributed by atoms with Crippen LogP contribution >= 0.6 is 22.9 Å². The van der Waals surface area contributed by atoms with Gasteiger partial charge in [0.05, 0.1) is 0 Å². The number of hydrogen-bond acceptors (Lipinski definition) is 2. The standard InChI is InChI=1S/C5H13IN2/c1-8(6)5-3-2-4-7/h2-5,7H2,1H3. The monoisotopic (exact) mass is 228 g/mol. The topological polar surface area (TPSA) is 29.3 Å². The lowest BCUT2D eigenvalue weighted by Crippen LogP contribution is -2.08. The van der Waals surface area contributed by atoms with Crippen LogP contribution in [0.5, 0.6) is 0 Å². The smallest absolute Gasteiger partial charge is 0.0198 e. The van der Waals surface area contributed by atoms with Crippen molar-refractivity contribution in [1.29, 1.82) is 0 Å². The molecule has 50 valence electrons. The van der Waals surface area contributed by atoms with Gasteiger partial charge in [0.1, 0.15) is 0 Å². The second kappa shape index (κ2) is 5.78. The molecule has 0 saturated heterocycles. The van der Waals surface area contributed by atoms with Crippen molar-refractivity contribution < 1.29 is 0 Å². The molecular weight excluding hydrogens is 215 g/mol. The molecule has 2 nitrogen and oxygen atoms in total. The van der Waals surface area contributed by atoms with Gasteiger partial charge in [0.25, 0.3) is 0 Å². The van der Waals surface area contributed by atoms with E-state index < -0.39 is 0 Å². The summed E-state index contributed by atoms with van der Waals surface area (Å²) in [6, 6.07) is 0. The minimum atomic E-state index is 0.824. The van der Waals surface area contributed by atoms with E-state index in [1.54, 1.807) is 0 Å². The van der Waals surface area contributed by atoms with Crippen LogP contribution in [0.25, 0.3) is 0 Å². The van der Waals surface area contributed by atoms with Crippen LogP contribution in [-0.2, 0) is 0 Å². The molecule has 0 fully saturated rings. The Morgan fingerprint density at radius 1 is 1.50 bits per heavy atom. The minimum absolute atomic E-state index is 0.824. The third kappa shape index (κ3) is 6.65. The van der Waals surface area contributed by atoms with Gasteiger partial charge in [-0.2, -0.15) is 0 Å². The Hall–Kier alpha value is 0.650. The highest BCUT2D eigenvalue weighted by Gasteiger charge is 1.88. The predicted octanol–water partition coefficient (Wildman–Crippen LogP) is 1.01. The van der Waals surface area contributed by atoms with Gasteiger partial charge in [0, 0.05) is 29.4 Å². The number of nitrogens with two attached hydrogens (primary N) is 1. The molecule has 0 spiro atoms. The van der Waals surface area contributed by atoms with E-state index >= 15 is 0 Å². The van der Waals surface area contributed by atoms with Crippen LogP contribution < -0.4 is 5.73 Å². The maximum absolute atomic E-state index is 5.29. The molecule has 0 atom stereocenters. The molecule has 8 heavy (non-hydrogen) atoms. The average molecular weight is 228 g/mol. The molecule has 0 rings (SSSR count).